The van der Waals surface area contributed by atoms with Crippen LogP contribution in [0, 0.1) is 11.3 Å². The van der Waals surface area contributed by atoms with Crippen LogP contribution in [0.15, 0.2) is 42.5 Å². The molecular weight excluding hydrogens is 304 g/mol. The molecular formula is C19H18N2O3. The van der Waals surface area contributed by atoms with E-state index in [9.17, 15) is 4.79 Å². The Kier molecular flexibility index (Phi) is 4.66. The maximum atomic E-state index is 12.3. The number of anilines is 1. The second-order valence-corrected chi connectivity index (χ2v) is 5.71. The second kappa shape index (κ2) is 7.05. The monoisotopic (exact) mass is 322 g/mol. The number of ether oxygens (including phenoxy) is 2. The van der Waals surface area contributed by atoms with Crippen LogP contribution in [0.1, 0.15) is 30.4 Å². The van der Waals surface area contributed by atoms with Crippen molar-refractivity contribution in [2.45, 2.75) is 19.3 Å². The molecule has 3 rings (SSSR count). The molecule has 1 heterocycles. The van der Waals surface area contributed by atoms with Crippen LogP contribution >= 0.6 is 0 Å². The first-order chi connectivity index (χ1) is 11.7. The Morgan fingerprint density at radius 1 is 1.21 bits per heavy atom. The highest BCUT2D eigenvalue weighted by Crippen LogP contribution is 2.34. The summed E-state index contributed by atoms with van der Waals surface area (Å²) in [5, 5.41) is 11.9. The van der Waals surface area contributed by atoms with Crippen LogP contribution in [0.5, 0.6) is 11.5 Å². The van der Waals surface area contributed by atoms with Crippen LogP contribution < -0.4 is 14.8 Å². The third kappa shape index (κ3) is 3.49. The topological polar surface area (TPSA) is 71.4 Å². The van der Waals surface area contributed by atoms with Gasteiger partial charge in [-0.05, 0) is 35.7 Å². The molecule has 0 spiro atoms. The molecule has 1 aliphatic heterocycles. The molecule has 1 atom stereocenters. The summed E-state index contributed by atoms with van der Waals surface area (Å²) in [4.78, 5) is 12.3. The van der Waals surface area contributed by atoms with E-state index in [4.69, 9.17) is 14.7 Å². The highest BCUT2D eigenvalue weighted by atomic mass is 16.6. The van der Waals surface area contributed by atoms with E-state index in [1.165, 1.54) is 0 Å². The summed E-state index contributed by atoms with van der Waals surface area (Å²) in [6.45, 7) is 3.08. The lowest BCUT2D eigenvalue weighted by molar-refractivity contribution is -0.116. The highest BCUT2D eigenvalue weighted by molar-refractivity contribution is 5.92. The molecule has 5 heteroatoms. The number of carbonyl (C=O) groups excluding carboxylic acids is 1. The molecule has 122 valence electrons. The average Bonchev–Trinajstić information content (AvgIpc) is 2.61. The molecule has 0 fully saturated rings. The molecule has 24 heavy (non-hydrogen) atoms. The largest absolute Gasteiger partial charge is 0.486 e. The Morgan fingerprint density at radius 3 is 2.75 bits per heavy atom. The van der Waals surface area contributed by atoms with Crippen molar-refractivity contribution in [3.05, 3.63) is 53.6 Å². The van der Waals surface area contributed by atoms with Gasteiger partial charge in [0.15, 0.2) is 11.5 Å². The first-order valence-electron chi connectivity index (χ1n) is 7.86. The normalized spacial score (nSPS) is 13.7. The number of para-hydroxylation sites is 1. The maximum Gasteiger partial charge on any atom is 0.225 e. The number of nitrogens with zero attached hydrogens (tertiary/aromatic N) is 1. The molecule has 1 aliphatic rings. The van der Waals surface area contributed by atoms with E-state index in [1.807, 2.05) is 25.1 Å². The van der Waals surface area contributed by atoms with Crippen molar-refractivity contribution in [1.82, 2.24) is 0 Å². The van der Waals surface area contributed by atoms with Gasteiger partial charge in [0, 0.05) is 6.42 Å². The van der Waals surface area contributed by atoms with Crippen LogP contribution in [-0.4, -0.2) is 19.1 Å². The van der Waals surface area contributed by atoms with Gasteiger partial charge in [-0.25, -0.2) is 0 Å². The zero-order chi connectivity index (χ0) is 16.9. The van der Waals surface area contributed by atoms with Gasteiger partial charge in [-0.1, -0.05) is 25.1 Å². The van der Waals surface area contributed by atoms with Gasteiger partial charge in [-0.2, -0.15) is 5.26 Å². The number of rotatable bonds is 4. The van der Waals surface area contributed by atoms with Gasteiger partial charge in [-0.15, -0.1) is 0 Å². The van der Waals surface area contributed by atoms with Crippen molar-refractivity contribution in [2.24, 2.45) is 0 Å². The fraction of sp³-hybridized carbons (Fsp3) is 0.263. The van der Waals surface area contributed by atoms with Gasteiger partial charge in [0.25, 0.3) is 0 Å². The zero-order valence-corrected chi connectivity index (χ0v) is 13.4. The molecule has 1 unspecified atom stereocenters. The van der Waals surface area contributed by atoms with E-state index >= 15 is 0 Å². The summed E-state index contributed by atoms with van der Waals surface area (Å²) in [5.74, 6) is 1.36. The minimum absolute atomic E-state index is 0.0232. The SMILES string of the molecule is CC(CC(=O)Nc1ccccc1C#N)c1ccc2c(c1)OCCO2. The summed E-state index contributed by atoms with van der Waals surface area (Å²) in [5.41, 5.74) is 2.01. The first kappa shape index (κ1) is 15.9. The van der Waals surface area contributed by atoms with E-state index in [2.05, 4.69) is 11.4 Å². The molecule has 0 aromatic heterocycles. The Hall–Kier alpha value is -3.00. The second-order valence-electron chi connectivity index (χ2n) is 5.71. The molecule has 0 aliphatic carbocycles. The van der Waals surface area contributed by atoms with E-state index in [1.54, 1.807) is 24.3 Å². The predicted octanol–water partition coefficient (Wildman–Crippen LogP) is 3.46. The third-order valence-electron chi connectivity index (χ3n) is 3.95. The van der Waals surface area contributed by atoms with E-state index in [-0.39, 0.29) is 11.8 Å². The number of benzene rings is 2. The number of fused-ring (bicyclic) bond motifs is 1. The molecule has 0 saturated carbocycles. The number of carbonyl (C=O) groups is 1. The van der Waals surface area contributed by atoms with Gasteiger partial charge in [0.2, 0.25) is 5.91 Å². The van der Waals surface area contributed by atoms with Gasteiger partial charge in [0.1, 0.15) is 19.3 Å². The van der Waals surface area contributed by atoms with Gasteiger partial charge in [-0.3, -0.25) is 4.79 Å². The van der Waals surface area contributed by atoms with Crippen molar-refractivity contribution < 1.29 is 14.3 Å². The number of hydrogen-bond donors (Lipinski definition) is 1. The number of nitrogens with one attached hydrogen (secondary N) is 1. The molecule has 0 saturated heterocycles. The number of hydrogen-bond acceptors (Lipinski definition) is 4. The summed E-state index contributed by atoms with van der Waals surface area (Å²) < 4.78 is 11.1. The standard InChI is InChI=1S/C19H18N2O3/c1-13(14-6-7-17-18(11-14)24-9-8-23-17)10-19(22)21-16-5-3-2-4-15(16)12-20/h2-7,11,13H,8-10H2,1H3,(H,21,22). The molecule has 2 aromatic rings. The predicted molar refractivity (Wildman–Crippen MR) is 90.3 cm³/mol. The van der Waals surface area contributed by atoms with E-state index < -0.39 is 0 Å². The van der Waals surface area contributed by atoms with E-state index in [0.29, 0.717) is 30.9 Å². The number of amides is 1. The lowest BCUT2D eigenvalue weighted by Gasteiger charge is -2.20. The van der Waals surface area contributed by atoms with Gasteiger partial charge < -0.3 is 14.8 Å². The molecule has 2 aromatic carbocycles. The van der Waals surface area contributed by atoms with Crippen molar-refractivity contribution in [2.75, 3.05) is 18.5 Å². The summed E-state index contributed by atoms with van der Waals surface area (Å²) in [7, 11) is 0. The minimum atomic E-state index is -0.125. The van der Waals surface area contributed by atoms with Crippen LogP contribution in [0.2, 0.25) is 0 Å². The van der Waals surface area contributed by atoms with Crippen molar-refractivity contribution in [3.63, 3.8) is 0 Å². The lowest BCUT2D eigenvalue weighted by Crippen LogP contribution is -2.17. The fourth-order valence-electron chi connectivity index (χ4n) is 2.65. The van der Waals surface area contributed by atoms with Crippen LogP contribution in [0.25, 0.3) is 0 Å². The Bertz CT molecular complexity index is 795. The van der Waals surface area contributed by atoms with Crippen LogP contribution in [0.3, 0.4) is 0 Å². The molecule has 0 bridgehead atoms. The Labute approximate surface area is 140 Å². The molecule has 1 N–H and O–H groups in total. The average molecular weight is 322 g/mol. The lowest BCUT2D eigenvalue weighted by atomic mass is 9.96. The van der Waals surface area contributed by atoms with Crippen molar-refractivity contribution in [3.8, 4) is 17.6 Å². The minimum Gasteiger partial charge on any atom is -0.486 e. The summed E-state index contributed by atoms with van der Waals surface area (Å²) in [6.07, 6.45) is 0.319. The highest BCUT2D eigenvalue weighted by Gasteiger charge is 2.17. The fourth-order valence-corrected chi connectivity index (χ4v) is 2.65. The smallest absolute Gasteiger partial charge is 0.225 e. The molecule has 0 radical (unpaired) electrons. The van der Waals surface area contributed by atoms with Crippen LogP contribution in [-0.2, 0) is 4.79 Å². The van der Waals surface area contributed by atoms with Gasteiger partial charge >= 0.3 is 0 Å². The Morgan fingerprint density at radius 2 is 1.96 bits per heavy atom. The summed E-state index contributed by atoms with van der Waals surface area (Å²) in [6, 6.07) is 14.8. The van der Waals surface area contributed by atoms with Crippen molar-refractivity contribution >= 4 is 11.6 Å². The molecule has 5 nitrogen and oxygen atoms in total. The summed E-state index contributed by atoms with van der Waals surface area (Å²) >= 11 is 0. The maximum absolute atomic E-state index is 12.3. The van der Waals surface area contributed by atoms with Crippen LogP contribution in [0.4, 0.5) is 5.69 Å². The zero-order valence-electron chi connectivity index (χ0n) is 13.4. The first-order valence-corrected chi connectivity index (χ1v) is 7.86. The quantitative estimate of drug-likeness (QED) is 0.935. The van der Waals surface area contributed by atoms with Gasteiger partial charge in [0.05, 0.1) is 11.3 Å². The molecule has 1 amide bonds. The van der Waals surface area contributed by atoms with Crippen molar-refractivity contribution in [1.29, 1.82) is 5.26 Å². The van der Waals surface area contributed by atoms with E-state index in [0.717, 1.165) is 17.1 Å². The number of nitriles is 1. The Balaban J connectivity index is 1.67. The third-order valence-corrected chi connectivity index (χ3v) is 3.95.